The lowest BCUT2D eigenvalue weighted by Crippen LogP contribution is -2.51. The topological polar surface area (TPSA) is 119 Å². The molecule has 0 spiro atoms. The van der Waals surface area contributed by atoms with Crippen molar-refractivity contribution in [3.05, 3.63) is 82.8 Å². The van der Waals surface area contributed by atoms with Crippen molar-refractivity contribution in [3.63, 3.8) is 0 Å². The number of halogens is 1. The molecule has 3 aromatic rings. The van der Waals surface area contributed by atoms with E-state index in [4.69, 9.17) is 10.00 Å². The Hall–Kier alpha value is -3.98. The van der Waals surface area contributed by atoms with E-state index in [0.29, 0.717) is 47.4 Å². The number of hydrogen-bond donors (Lipinski definition) is 2. The molecule has 0 radical (unpaired) electrons. The van der Waals surface area contributed by atoms with E-state index < -0.39 is 12.3 Å². The predicted octanol–water partition coefficient (Wildman–Crippen LogP) is 4.04. The van der Waals surface area contributed by atoms with Crippen molar-refractivity contribution < 1.29 is 23.8 Å². The second kappa shape index (κ2) is 12.1. The largest absolute Gasteiger partial charge is 0.489 e. The van der Waals surface area contributed by atoms with E-state index in [0.717, 1.165) is 42.1 Å². The summed E-state index contributed by atoms with van der Waals surface area (Å²) in [6.45, 7) is 2.13. The Morgan fingerprint density at radius 1 is 1.14 bits per heavy atom. The monoisotopic (exact) mass is 587 g/mol. The molecule has 1 aromatic heterocycles. The molecule has 42 heavy (non-hydrogen) atoms. The molecule has 2 aromatic carbocycles. The quantitative estimate of drug-likeness (QED) is 0.395. The number of pyridine rings is 1. The van der Waals surface area contributed by atoms with Crippen LogP contribution in [0, 0.1) is 17.1 Å². The normalized spacial score (nSPS) is 21.1. The Bertz CT molecular complexity index is 1540. The van der Waals surface area contributed by atoms with Crippen LogP contribution >= 0.6 is 11.8 Å². The molecule has 2 saturated heterocycles. The first kappa shape index (κ1) is 28.2. The average molecular weight is 588 g/mol. The summed E-state index contributed by atoms with van der Waals surface area (Å²) in [5.41, 5.74) is 3.31. The van der Waals surface area contributed by atoms with Crippen molar-refractivity contribution in [1.82, 2.24) is 15.2 Å². The maximum atomic E-state index is 14.4. The van der Waals surface area contributed by atoms with Gasteiger partial charge in [0.25, 0.3) is 0 Å². The number of carbonyl (C=O) groups is 2. The number of fused-ring (bicyclic) bond motifs is 1. The number of carbonyl (C=O) groups excluding carboxylic acids is 2. The summed E-state index contributed by atoms with van der Waals surface area (Å²) >= 11 is 1.72. The molecular weight excluding hydrogens is 557 g/mol. The fraction of sp³-hybridized carbons (Fsp3) is 0.355. The molecule has 2 N–H and O–H groups in total. The number of hydrogen-bond acceptors (Lipinski definition) is 9. The van der Waals surface area contributed by atoms with Gasteiger partial charge in [0.15, 0.2) is 0 Å². The molecule has 0 aliphatic carbocycles. The predicted molar refractivity (Wildman–Crippen MR) is 154 cm³/mol. The zero-order valence-electron chi connectivity index (χ0n) is 22.8. The number of aromatic nitrogens is 1. The van der Waals surface area contributed by atoms with E-state index in [1.165, 1.54) is 6.07 Å². The second-order valence-corrected chi connectivity index (χ2v) is 12.0. The summed E-state index contributed by atoms with van der Waals surface area (Å²) in [6.07, 6.45) is 3.28. The van der Waals surface area contributed by atoms with Crippen LogP contribution in [0.4, 0.5) is 10.1 Å². The Balaban J connectivity index is 1.02. The molecule has 2 unspecified atom stereocenters. The third kappa shape index (κ3) is 5.83. The van der Waals surface area contributed by atoms with Crippen molar-refractivity contribution >= 4 is 29.3 Å². The SMILES string of the molecule is N#Cc1ccc(N2CCC(Sc3ccc(COc4cccc5c4CN(C4CCC(=O)NC4=O)C5O)cn3)CC2)c(F)c1. The molecule has 0 bridgehead atoms. The van der Waals surface area contributed by atoms with Crippen LogP contribution in [-0.2, 0) is 22.7 Å². The molecule has 0 saturated carbocycles. The fourth-order valence-corrected chi connectivity index (χ4v) is 6.85. The average Bonchev–Trinajstić information content (AvgIpc) is 3.33. The smallest absolute Gasteiger partial charge is 0.244 e. The molecule has 4 heterocycles. The fourth-order valence-electron chi connectivity index (χ4n) is 5.80. The van der Waals surface area contributed by atoms with Gasteiger partial charge in [0.05, 0.1) is 28.4 Å². The van der Waals surface area contributed by atoms with Gasteiger partial charge in [0.1, 0.15) is 24.4 Å². The lowest BCUT2D eigenvalue weighted by molar-refractivity contribution is -0.141. The Morgan fingerprint density at radius 3 is 2.69 bits per heavy atom. The van der Waals surface area contributed by atoms with Crippen LogP contribution in [0.5, 0.6) is 5.75 Å². The molecule has 11 heteroatoms. The molecule has 2 amide bonds. The number of nitrogens with zero attached hydrogens (tertiary/aromatic N) is 4. The zero-order valence-corrected chi connectivity index (χ0v) is 23.6. The van der Waals surface area contributed by atoms with Gasteiger partial charge in [0, 0.05) is 54.2 Å². The molecule has 3 aliphatic rings. The third-order valence-corrected chi connectivity index (χ3v) is 9.34. The zero-order chi connectivity index (χ0) is 29.2. The van der Waals surface area contributed by atoms with E-state index in [1.54, 1.807) is 35.0 Å². The molecule has 9 nitrogen and oxygen atoms in total. The Kier molecular flexibility index (Phi) is 8.11. The summed E-state index contributed by atoms with van der Waals surface area (Å²) in [5.74, 6) is -0.380. The van der Waals surface area contributed by atoms with Crippen LogP contribution < -0.4 is 15.0 Å². The number of imide groups is 1. The Labute approximate surface area is 247 Å². The van der Waals surface area contributed by atoms with Gasteiger partial charge in [-0.25, -0.2) is 9.37 Å². The van der Waals surface area contributed by atoms with Gasteiger partial charge in [-0.1, -0.05) is 18.2 Å². The first-order valence-corrected chi connectivity index (χ1v) is 14.9. The van der Waals surface area contributed by atoms with Crippen molar-refractivity contribution in [2.24, 2.45) is 0 Å². The molecule has 6 rings (SSSR count). The molecule has 2 fully saturated rings. The van der Waals surface area contributed by atoms with E-state index >= 15 is 0 Å². The van der Waals surface area contributed by atoms with E-state index in [-0.39, 0.29) is 24.1 Å². The van der Waals surface area contributed by atoms with Gasteiger partial charge in [-0.15, -0.1) is 11.8 Å². The van der Waals surface area contributed by atoms with Gasteiger partial charge in [0.2, 0.25) is 11.8 Å². The van der Waals surface area contributed by atoms with Crippen LogP contribution in [0.15, 0.2) is 59.8 Å². The van der Waals surface area contributed by atoms with Crippen LogP contribution in [-0.4, -0.2) is 51.2 Å². The summed E-state index contributed by atoms with van der Waals surface area (Å²) in [5, 5.41) is 23.6. The summed E-state index contributed by atoms with van der Waals surface area (Å²) in [4.78, 5) is 32.3. The van der Waals surface area contributed by atoms with Crippen LogP contribution in [0.1, 0.15) is 54.2 Å². The van der Waals surface area contributed by atoms with E-state index in [9.17, 15) is 19.1 Å². The number of benzene rings is 2. The van der Waals surface area contributed by atoms with Gasteiger partial charge in [-0.3, -0.25) is 19.8 Å². The number of thioether (sulfide) groups is 1. The maximum absolute atomic E-state index is 14.4. The highest BCUT2D eigenvalue weighted by Crippen LogP contribution is 2.40. The molecular formula is C31H30FN5O4S. The highest BCUT2D eigenvalue weighted by molar-refractivity contribution is 7.99. The van der Waals surface area contributed by atoms with Crippen LogP contribution in [0.2, 0.25) is 0 Å². The highest BCUT2D eigenvalue weighted by atomic mass is 32.2. The first-order chi connectivity index (χ1) is 20.4. The van der Waals surface area contributed by atoms with Gasteiger partial charge >= 0.3 is 0 Å². The van der Waals surface area contributed by atoms with Crippen molar-refractivity contribution in [2.45, 2.75) is 61.4 Å². The van der Waals surface area contributed by atoms with Crippen molar-refractivity contribution in [1.29, 1.82) is 5.26 Å². The van der Waals surface area contributed by atoms with Gasteiger partial charge in [-0.2, -0.15) is 5.26 Å². The Morgan fingerprint density at radius 2 is 1.98 bits per heavy atom. The number of rotatable bonds is 7. The minimum absolute atomic E-state index is 0.248. The molecule has 3 aliphatic heterocycles. The number of amides is 2. The molecule has 2 atom stereocenters. The lowest BCUT2D eigenvalue weighted by Gasteiger charge is -2.33. The maximum Gasteiger partial charge on any atom is 0.244 e. The minimum Gasteiger partial charge on any atom is -0.489 e. The van der Waals surface area contributed by atoms with E-state index in [2.05, 4.69) is 10.3 Å². The van der Waals surface area contributed by atoms with Crippen molar-refractivity contribution in [3.8, 4) is 11.8 Å². The third-order valence-electron chi connectivity index (χ3n) is 8.05. The van der Waals surface area contributed by atoms with E-state index in [1.807, 2.05) is 41.3 Å². The summed E-state index contributed by atoms with van der Waals surface area (Å²) < 4.78 is 20.6. The number of nitrogens with one attached hydrogen (secondary N) is 1. The number of aliphatic hydroxyl groups is 1. The number of piperidine rings is 2. The standard InChI is InChI=1S/C31H30FN5O4S/c32-24-14-19(15-33)4-6-25(24)36-12-10-21(11-13-36)42-29-9-5-20(16-34-29)18-41-27-3-1-2-22-23(27)17-37(31(22)40)26-7-8-28(38)35-30(26)39/h1-6,9,14,16,21,26,31,40H,7-8,10-13,17-18H2,(H,35,38,39). The first-order valence-electron chi connectivity index (χ1n) is 14.0. The lowest BCUT2D eigenvalue weighted by atomic mass is 10.0. The number of nitriles is 1. The van der Waals surface area contributed by atoms with Gasteiger partial charge < -0.3 is 14.7 Å². The second-order valence-electron chi connectivity index (χ2n) is 10.7. The highest BCUT2D eigenvalue weighted by Gasteiger charge is 2.40. The summed E-state index contributed by atoms with van der Waals surface area (Å²) in [6, 6.07) is 15.5. The number of ether oxygens (including phenoxy) is 1. The minimum atomic E-state index is -0.944. The number of aliphatic hydroxyl groups excluding tert-OH is 1. The summed E-state index contributed by atoms with van der Waals surface area (Å²) in [7, 11) is 0. The number of anilines is 1. The molecule has 216 valence electrons. The van der Waals surface area contributed by atoms with Crippen molar-refractivity contribution in [2.75, 3.05) is 18.0 Å². The van der Waals surface area contributed by atoms with Crippen LogP contribution in [0.25, 0.3) is 0 Å². The van der Waals surface area contributed by atoms with Gasteiger partial charge in [-0.05, 0) is 49.6 Å². The van der Waals surface area contributed by atoms with Crippen LogP contribution in [0.3, 0.4) is 0 Å².